The van der Waals surface area contributed by atoms with Crippen LogP contribution in [0.4, 0.5) is 0 Å². The summed E-state index contributed by atoms with van der Waals surface area (Å²) in [5.74, 6) is 2.12. The molecule has 4 rings (SSSR count). The summed E-state index contributed by atoms with van der Waals surface area (Å²) < 4.78 is 13.0. The van der Waals surface area contributed by atoms with Gasteiger partial charge in [0.2, 0.25) is 0 Å². The van der Waals surface area contributed by atoms with Gasteiger partial charge in [-0.15, -0.1) is 23.5 Å². The van der Waals surface area contributed by atoms with Crippen LogP contribution in [-0.2, 0) is 10.8 Å². The molecule has 0 aromatic heterocycles. The highest BCUT2D eigenvalue weighted by molar-refractivity contribution is 8.05. The molecule has 0 unspecified atom stereocenters. The van der Waals surface area contributed by atoms with E-state index >= 15 is 0 Å². The lowest BCUT2D eigenvalue weighted by Crippen LogP contribution is -2.05. The minimum absolute atomic E-state index is 1.03. The Balaban J connectivity index is 2.05. The maximum absolute atomic E-state index is 13.0. The van der Waals surface area contributed by atoms with Crippen LogP contribution in [0.15, 0.2) is 65.8 Å². The Morgan fingerprint density at radius 2 is 1.26 bits per heavy atom. The van der Waals surface area contributed by atoms with Gasteiger partial charge in [-0.1, -0.05) is 23.9 Å². The summed E-state index contributed by atoms with van der Waals surface area (Å²) in [4.78, 5) is 6.73. The molecule has 0 amide bonds. The molecule has 5 heteroatoms. The lowest BCUT2D eigenvalue weighted by atomic mass is 10.3. The van der Waals surface area contributed by atoms with Gasteiger partial charge in [-0.25, -0.2) is 4.21 Å². The molecule has 0 atom stereocenters. The zero-order chi connectivity index (χ0) is 12.8. The number of benzene rings is 2. The Morgan fingerprint density at radius 1 is 0.789 bits per heavy atom. The maximum atomic E-state index is 13.0. The fraction of sp³-hybridized carbons (Fsp3) is 0.143. The predicted octanol–water partition coefficient (Wildman–Crippen LogP) is 4.52. The van der Waals surface area contributed by atoms with E-state index in [-0.39, 0.29) is 0 Å². The number of thioether (sulfide) groups is 2. The van der Waals surface area contributed by atoms with Crippen LogP contribution in [0.1, 0.15) is 0 Å². The van der Waals surface area contributed by atoms with E-state index in [1.165, 1.54) is 9.79 Å². The molecule has 0 N–H and O–H groups in total. The molecule has 2 bridgehead atoms. The second-order valence-electron chi connectivity index (χ2n) is 4.23. The van der Waals surface area contributed by atoms with Crippen LogP contribution in [0.2, 0.25) is 0 Å². The highest BCUT2D eigenvalue weighted by Crippen LogP contribution is 2.49. The molecule has 0 spiro atoms. The van der Waals surface area contributed by atoms with Crippen molar-refractivity contribution >= 4 is 46.1 Å². The summed E-state index contributed by atoms with van der Waals surface area (Å²) in [6.45, 7) is 0. The molecular formula is C14H10OS4. The van der Waals surface area contributed by atoms with E-state index in [2.05, 4.69) is 36.4 Å². The minimum Gasteiger partial charge on any atom is -0.249 e. The predicted molar refractivity (Wildman–Crippen MR) is 83.1 cm³/mol. The smallest absolute Gasteiger partial charge is 0.0895 e. The Bertz CT molecular complexity index is 638. The Hall–Kier alpha value is -0.360. The lowest BCUT2D eigenvalue weighted by Gasteiger charge is -2.21. The highest BCUT2D eigenvalue weighted by Gasteiger charge is 2.28. The summed E-state index contributed by atoms with van der Waals surface area (Å²) in [6.07, 6.45) is 0. The van der Waals surface area contributed by atoms with Gasteiger partial charge in [0.1, 0.15) is 0 Å². The molecule has 0 radical (unpaired) electrons. The third-order valence-corrected chi connectivity index (χ3v) is 8.71. The quantitative estimate of drug-likeness (QED) is 0.605. The molecule has 0 aliphatic carbocycles. The van der Waals surface area contributed by atoms with Gasteiger partial charge >= 0.3 is 0 Å². The van der Waals surface area contributed by atoms with Crippen LogP contribution >= 0.6 is 35.3 Å². The number of hydrogen-bond donors (Lipinski definition) is 0. The summed E-state index contributed by atoms with van der Waals surface area (Å²) in [5, 5.41) is 0. The molecule has 2 aromatic rings. The zero-order valence-corrected chi connectivity index (χ0v) is 13.2. The van der Waals surface area contributed by atoms with Crippen molar-refractivity contribution in [2.24, 2.45) is 0 Å². The largest absolute Gasteiger partial charge is 0.249 e. The lowest BCUT2D eigenvalue weighted by molar-refractivity contribution is 0.675. The summed E-state index contributed by atoms with van der Waals surface area (Å²) in [6, 6.07) is 12.5. The Labute approximate surface area is 127 Å². The van der Waals surface area contributed by atoms with Crippen LogP contribution < -0.4 is 0 Å². The van der Waals surface area contributed by atoms with E-state index < -0.39 is 10.8 Å². The van der Waals surface area contributed by atoms with Crippen LogP contribution in [0.5, 0.6) is 0 Å². The van der Waals surface area contributed by atoms with Crippen molar-refractivity contribution in [3.8, 4) is 0 Å². The van der Waals surface area contributed by atoms with Gasteiger partial charge < -0.3 is 0 Å². The first kappa shape index (κ1) is 12.4. The van der Waals surface area contributed by atoms with Crippen molar-refractivity contribution in [2.45, 2.75) is 29.4 Å². The summed E-state index contributed by atoms with van der Waals surface area (Å²) in [7, 11) is -1.04. The van der Waals surface area contributed by atoms with Crippen molar-refractivity contribution in [3.63, 3.8) is 0 Å². The average Bonchev–Trinajstić information content (AvgIpc) is 2.48. The average molecular weight is 323 g/mol. The van der Waals surface area contributed by atoms with E-state index in [9.17, 15) is 4.21 Å². The first-order valence-electron chi connectivity index (χ1n) is 5.96. The second kappa shape index (κ2) is 4.88. The van der Waals surface area contributed by atoms with Crippen molar-refractivity contribution in [2.75, 3.05) is 11.5 Å². The molecule has 19 heavy (non-hydrogen) atoms. The van der Waals surface area contributed by atoms with Crippen LogP contribution in [-0.4, -0.2) is 15.7 Å². The van der Waals surface area contributed by atoms with Gasteiger partial charge in [0, 0.05) is 31.1 Å². The SMILES string of the molecule is O=S1c2c3cccc2Sc2cccc(c21)SCCS3. The topological polar surface area (TPSA) is 17.1 Å². The van der Waals surface area contributed by atoms with Gasteiger partial charge in [0.05, 0.1) is 20.6 Å². The fourth-order valence-corrected chi connectivity index (χ4v) is 7.99. The van der Waals surface area contributed by atoms with Crippen molar-refractivity contribution in [1.82, 2.24) is 0 Å². The molecule has 2 aliphatic rings. The van der Waals surface area contributed by atoms with Crippen molar-refractivity contribution < 1.29 is 4.21 Å². The maximum Gasteiger partial charge on any atom is 0.0895 e. The van der Waals surface area contributed by atoms with Crippen LogP contribution in [0.25, 0.3) is 0 Å². The monoisotopic (exact) mass is 322 g/mol. The van der Waals surface area contributed by atoms with Gasteiger partial charge in [0.25, 0.3) is 0 Å². The fourth-order valence-electron chi connectivity index (χ4n) is 2.27. The summed E-state index contributed by atoms with van der Waals surface area (Å²) >= 11 is 5.41. The van der Waals surface area contributed by atoms with Gasteiger partial charge in [0.15, 0.2) is 0 Å². The molecular weight excluding hydrogens is 312 g/mol. The van der Waals surface area contributed by atoms with Crippen LogP contribution in [0, 0.1) is 0 Å². The number of rotatable bonds is 0. The van der Waals surface area contributed by atoms with E-state index in [0.717, 1.165) is 31.1 Å². The third kappa shape index (κ3) is 1.98. The molecule has 1 nitrogen and oxygen atoms in total. The molecule has 2 aliphatic heterocycles. The molecule has 2 aromatic carbocycles. The van der Waals surface area contributed by atoms with E-state index in [4.69, 9.17) is 0 Å². The summed E-state index contributed by atoms with van der Waals surface area (Å²) in [5.41, 5.74) is 0. The van der Waals surface area contributed by atoms with E-state index in [0.29, 0.717) is 0 Å². The molecule has 0 saturated carbocycles. The van der Waals surface area contributed by atoms with Crippen molar-refractivity contribution in [1.29, 1.82) is 0 Å². The molecule has 2 heterocycles. The van der Waals surface area contributed by atoms with Gasteiger partial charge in [-0.05, 0) is 24.3 Å². The molecule has 0 saturated heterocycles. The third-order valence-electron chi connectivity index (χ3n) is 3.07. The standard InChI is InChI=1S/C14H10OS4/c15-19-13-9-3-1-5-11(13)18-12-6-2-4-10(14(12)19)17-8-7-16-9/h1-6H,7-8H2. The Morgan fingerprint density at radius 3 is 1.79 bits per heavy atom. The molecule has 0 fully saturated rings. The molecule has 96 valence electrons. The van der Waals surface area contributed by atoms with Crippen molar-refractivity contribution in [3.05, 3.63) is 36.4 Å². The van der Waals surface area contributed by atoms with E-state index in [1.807, 2.05) is 23.5 Å². The number of hydrogen-bond acceptors (Lipinski definition) is 4. The van der Waals surface area contributed by atoms with Crippen LogP contribution in [0.3, 0.4) is 0 Å². The normalized spacial score (nSPS) is 17.5. The minimum atomic E-state index is -1.04. The second-order valence-corrected chi connectivity index (χ2v) is 8.95. The van der Waals surface area contributed by atoms with Gasteiger partial charge in [-0.2, -0.15) is 0 Å². The van der Waals surface area contributed by atoms with Gasteiger partial charge in [-0.3, -0.25) is 0 Å². The highest BCUT2D eigenvalue weighted by atomic mass is 32.2. The zero-order valence-electron chi connectivity index (χ0n) is 9.92. The first-order valence-corrected chi connectivity index (χ1v) is 9.89. The van der Waals surface area contributed by atoms with E-state index in [1.54, 1.807) is 11.8 Å². The Kier molecular flexibility index (Phi) is 3.18. The first-order chi connectivity index (χ1) is 9.34.